The molecule has 0 spiro atoms. The Morgan fingerprint density at radius 1 is 1.17 bits per heavy atom. The first-order valence-corrected chi connectivity index (χ1v) is 11.3. The molecule has 3 fully saturated rings. The lowest BCUT2D eigenvalue weighted by Gasteiger charge is -2.25. The van der Waals surface area contributed by atoms with Crippen molar-refractivity contribution in [2.24, 2.45) is 5.92 Å². The van der Waals surface area contributed by atoms with E-state index in [4.69, 9.17) is 4.74 Å². The summed E-state index contributed by atoms with van der Waals surface area (Å²) in [5.41, 5.74) is 0.0962. The Hall–Kier alpha value is -2.03. The molecule has 2 heterocycles. The zero-order valence-corrected chi connectivity index (χ0v) is 17.0. The summed E-state index contributed by atoms with van der Waals surface area (Å²) in [4.78, 5) is 27.1. The predicted octanol–water partition coefficient (Wildman–Crippen LogP) is 3.15. The van der Waals surface area contributed by atoms with Gasteiger partial charge in [-0.05, 0) is 25.0 Å². The van der Waals surface area contributed by atoms with Gasteiger partial charge in [0.2, 0.25) is 5.91 Å². The smallest absolute Gasteiger partial charge is 0.414 e. The Morgan fingerprint density at radius 2 is 1.93 bits per heavy atom. The highest BCUT2D eigenvalue weighted by atomic mass is 32.2. The maximum Gasteiger partial charge on any atom is 0.414 e. The summed E-state index contributed by atoms with van der Waals surface area (Å²) in [6.07, 6.45) is 2.52. The molecule has 2 amide bonds. The molecule has 1 saturated carbocycles. The monoisotopic (exact) mass is 425 g/mol. The fourth-order valence-electron chi connectivity index (χ4n) is 3.85. The number of nitrogens with one attached hydrogen (secondary N) is 1. The standard InChI is InChI=1S/C20H25F2N3O3S/c21-16-9-14(10-17(22)18(16)24-5-2-7-29-8-6-24)25-12-15(28-20(25)27)11-23-19(26)13-3-1-4-13/h9-10,13,15H,1-8,11-12H2,(H,23,26). The van der Waals surface area contributed by atoms with Gasteiger partial charge < -0.3 is 15.0 Å². The number of anilines is 2. The second-order valence-electron chi connectivity index (χ2n) is 7.70. The van der Waals surface area contributed by atoms with Crippen LogP contribution in [0.2, 0.25) is 0 Å². The number of amides is 2. The zero-order chi connectivity index (χ0) is 20.4. The molecule has 4 rings (SSSR count). The van der Waals surface area contributed by atoms with E-state index in [0.29, 0.717) is 13.1 Å². The van der Waals surface area contributed by atoms with Crippen molar-refractivity contribution in [3.63, 3.8) is 0 Å². The zero-order valence-electron chi connectivity index (χ0n) is 16.2. The van der Waals surface area contributed by atoms with Crippen LogP contribution in [-0.2, 0) is 9.53 Å². The van der Waals surface area contributed by atoms with Crippen molar-refractivity contribution >= 4 is 35.1 Å². The summed E-state index contributed by atoms with van der Waals surface area (Å²) < 4.78 is 34.8. The number of halogens is 2. The lowest BCUT2D eigenvalue weighted by atomic mass is 9.85. The number of cyclic esters (lactones) is 1. The quantitative estimate of drug-likeness (QED) is 0.785. The maximum atomic E-state index is 14.8. The van der Waals surface area contributed by atoms with Crippen molar-refractivity contribution in [2.45, 2.75) is 31.8 Å². The Bertz CT molecular complexity index is 759. The number of ether oxygens (including phenoxy) is 1. The van der Waals surface area contributed by atoms with Crippen molar-refractivity contribution in [3.05, 3.63) is 23.8 Å². The SMILES string of the molecule is O=C(NCC1CN(c2cc(F)c(N3CCCSCC3)c(F)c2)C(=O)O1)C1CCC1. The summed E-state index contributed by atoms with van der Waals surface area (Å²) in [6.45, 7) is 1.54. The van der Waals surface area contributed by atoms with Gasteiger partial charge in [-0.1, -0.05) is 6.42 Å². The van der Waals surface area contributed by atoms with Crippen LogP contribution in [0.3, 0.4) is 0 Å². The second-order valence-corrected chi connectivity index (χ2v) is 8.93. The van der Waals surface area contributed by atoms with E-state index in [1.807, 2.05) is 0 Å². The topological polar surface area (TPSA) is 61.9 Å². The third-order valence-corrected chi connectivity index (χ3v) is 6.75. The molecule has 29 heavy (non-hydrogen) atoms. The average molecular weight is 426 g/mol. The van der Waals surface area contributed by atoms with Crippen LogP contribution in [0.4, 0.5) is 25.0 Å². The highest BCUT2D eigenvalue weighted by molar-refractivity contribution is 7.99. The van der Waals surface area contributed by atoms with Crippen molar-refractivity contribution in [1.82, 2.24) is 5.32 Å². The van der Waals surface area contributed by atoms with Crippen LogP contribution in [-0.4, -0.2) is 55.8 Å². The summed E-state index contributed by atoms with van der Waals surface area (Å²) in [6, 6.07) is 2.38. The van der Waals surface area contributed by atoms with Gasteiger partial charge in [-0.15, -0.1) is 0 Å². The van der Waals surface area contributed by atoms with E-state index >= 15 is 0 Å². The normalized spacial score (nSPS) is 22.8. The van der Waals surface area contributed by atoms with Crippen LogP contribution in [0.25, 0.3) is 0 Å². The molecule has 6 nitrogen and oxygen atoms in total. The van der Waals surface area contributed by atoms with Crippen LogP contribution in [0.15, 0.2) is 12.1 Å². The van der Waals surface area contributed by atoms with Crippen LogP contribution < -0.4 is 15.1 Å². The van der Waals surface area contributed by atoms with E-state index < -0.39 is 23.8 Å². The molecule has 1 aromatic carbocycles. The molecule has 2 saturated heterocycles. The first-order valence-electron chi connectivity index (χ1n) is 10.1. The average Bonchev–Trinajstić information content (AvgIpc) is 2.82. The van der Waals surface area contributed by atoms with Crippen LogP contribution in [0, 0.1) is 17.6 Å². The number of benzene rings is 1. The molecule has 0 bridgehead atoms. The molecule has 1 unspecified atom stereocenters. The molecule has 3 aliphatic rings. The molecule has 9 heteroatoms. The minimum atomic E-state index is -0.679. The summed E-state index contributed by atoms with van der Waals surface area (Å²) in [5, 5.41) is 2.80. The second kappa shape index (κ2) is 8.77. The van der Waals surface area contributed by atoms with E-state index in [1.165, 1.54) is 17.0 Å². The third kappa shape index (κ3) is 4.44. The highest BCUT2D eigenvalue weighted by Crippen LogP contribution is 2.32. The largest absolute Gasteiger partial charge is 0.442 e. The Balaban J connectivity index is 1.42. The van der Waals surface area contributed by atoms with Gasteiger partial charge in [-0.3, -0.25) is 9.69 Å². The fraction of sp³-hybridized carbons (Fsp3) is 0.600. The van der Waals surface area contributed by atoms with Crippen molar-refractivity contribution in [3.8, 4) is 0 Å². The minimum Gasteiger partial charge on any atom is -0.442 e. The summed E-state index contributed by atoms with van der Waals surface area (Å²) >= 11 is 1.78. The molecule has 0 radical (unpaired) electrons. The van der Waals surface area contributed by atoms with Crippen molar-refractivity contribution in [1.29, 1.82) is 0 Å². The van der Waals surface area contributed by atoms with Gasteiger partial charge in [0.25, 0.3) is 0 Å². The Morgan fingerprint density at radius 3 is 2.62 bits per heavy atom. The van der Waals surface area contributed by atoms with E-state index in [-0.39, 0.29) is 36.3 Å². The predicted molar refractivity (Wildman–Crippen MR) is 108 cm³/mol. The van der Waals surface area contributed by atoms with Gasteiger partial charge in [0.15, 0.2) is 11.6 Å². The number of carbonyl (C=O) groups excluding carboxylic acids is 2. The Kier molecular flexibility index (Phi) is 6.12. The third-order valence-electron chi connectivity index (χ3n) is 5.71. The van der Waals surface area contributed by atoms with Crippen LogP contribution in [0.1, 0.15) is 25.7 Å². The number of rotatable bonds is 5. The van der Waals surface area contributed by atoms with Crippen LogP contribution >= 0.6 is 11.8 Å². The number of hydrogen-bond acceptors (Lipinski definition) is 5. The summed E-state index contributed by atoms with van der Waals surface area (Å²) in [7, 11) is 0. The molecular formula is C20H25F2N3O3S. The first kappa shape index (κ1) is 20.3. The van der Waals surface area contributed by atoms with Crippen molar-refractivity contribution in [2.75, 3.05) is 47.5 Å². The van der Waals surface area contributed by atoms with E-state index in [1.54, 1.807) is 16.7 Å². The molecular weight excluding hydrogens is 400 g/mol. The molecule has 1 atom stereocenters. The number of nitrogens with zero attached hydrogens (tertiary/aromatic N) is 2. The number of thioether (sulfide) groups is 1. The van der Waals surface area contributed by atoms with Crippen LogP contribution in [0.5, 0.6) is 0 Å². The number of carbonyl (C=O) groups is 2. The molecule has 158 valence electrons. The van der Waals surface area contributed by atoms with Gasteiger partial charge in [0, 0.05) is 36.9 Å². The molecule has 1 aromatic rings. The summed E-state index contributed by atoms with van der Waals surface area (Å²) in [5.74, 6) is 0.478. The van der Waals surface area contributed by atoms with Crippen molar-refractivity contribution < 1.29 is 23.1 Å². The van der Waals surface area contributed by atoms with Gasteiger partial charge in [-0.2, -0.15) is 11.8 Å². The van der Waals surface area contributed by atoms with E-state index in [2.05, 4.69) is 5.32 Å². The molecule has 1 aliphatic carbocycles. The highest BCUT2D eigenvalue weighted by Gasteiger charge is 2.35. The Labute approximate surface area is 172 Å². The fourth-order valence-corrected chi connectivity index (χ4v) is 4.73. The minimum absolute atomic E-state index is 0.0252. The van der Waals surface area contributed by atoms with Gasteiger partial charge in [-0.25, -0.2) is 13.6 Å². The first-order chi connectivity index (χ1) is 14.0. The van der Waals surface area contributed by atoms with Gasteiger partial charge >= 0.3 is 6.09 Å². The molecule has 2 aliphatic heterocycles. The van der Waals surface area contributed by atoms with Gasteiger partial charge in [0.05, 0.1) is 18.8 Å². The maximum absolute atomic E-state index is 14.8. The van der Waals surface area contributed by atoms with E-state index in [0.717, 1.165) is 37.2 Å². The number of hydrogen-bond donors (Lipinski definition) is 1. The lowest BCUT2D eigenvalue weighted by Crippen LogP contribution is -2.40. The van der Waals surface area contributed by atoms with E-state index in [9.17, 15) is 18.4 Å². The molecule has 0 aromatic heterocycles. The lowest BCUT2D eigenvalue weighted by molar-refractivity contribution is -0.127. The molecule has 1 N–H and O–H groups in total. The van der Waals surface area contributed by atoms with Gasteiger partial charge in [0.1, 0.15) is 11.8 Å².